The van der Waals surface area contributed by atoms with Crippen LogP contribution in [0.3, 0.4) is 0 Å². The average Bonchev–Trinajstić information content (AvgIpc) is 2.84. The molecule has 1 aromatic carbocycles. The number of hydrogen-bond acceptors (Lipinski definition) is 7. The number of amides is 1. The van der Waals surface area contributed by atoms with Gasteiger partial charge in [0.1, 0.15) is 17.1 Å². The summed E-state index contributed by atoms with van der Waals surface area (Å²) in [6, 6.07) is 11.9. The predicted octanol–water partition coefficient (Wildman–Crippen LogP) is 3.32. The molecule has 1 amide bonds. The van der Waals surface area contributed by atoms with Gasteiger partial charge in [0.05, 0.1) is 18.8 Å². The van der Waals surface area contributed by atoms with Crippen molar-refractivity contribution in [2.45, 2.75) is 25.8 Å². The molecule has 172 valence electrons. The maximum absolute atomic E-state index is 13.3. The SMILES string of the molecule is CCNc1nc2c(c3cccnc13)C(C)C(N1CCN(c3ccccc3OC)CC1)C(=O)N2. The van der Waals surface area contributed by atoms with Crippen molar-refractivity contribution >= 4 is 34.1 Å². The van der Waals surface area contributed by atoms with E-state index < -0.39 is 0 Å². The molecule has 2 aliphatic heterocycles. The summed E-state index contributed by atoms with van der Waals surface area (Å²) in [4.78, 5) is 27.2. The second-order valence-corrected chi connectivity index (χ2v) is 8.57. The molecule has 1 saturated heterocycles. The fourth-order valence-electron chi connectivity index (χ4n) is 5.20. The Labute approximate surface area is 194 Å². The van der Waals surface area contributed by atoms with Gasteiger partial charge < -0.3 is 20.3 Å². The minimum Gasteiger partial charge on any atom is -0.495 e. The fourth-order valence-corrected chi connectivity index (χ4v) is 5.20. The smallest absolute Gasteiger partial charge is 0.243 e. The Morgan fingerprint density at radius 1 is 1.15 bits per heavy atom. The summed E-state index contributed by atoms with van der Waals surface area (Å²) in [6.07, 6.45) is 1.79. The lowest BCUT2D eigenvalue weighted by Gasteiger charge is -2.43. The van der Waals surface area contributed by atoms with Gasteiger partial charge in [-0.1, -0.05) is 25.1 Å². The Kier molecular flexibility index (Phi) is 5.76. The first kappa shape index (κ1) is 21.5. The van der Waals surface area contributed by atoms with E-state index in [0.717, 1.165) is 60.6 Å². The number of piperazine rings is 1. The van der Waals surface area contributed by atoms with Gasteiger partial charge >= 0.3 is 0 Å². The van der Waals surface area contributed by atoms with Gasteiger partial charge in [-0.3, -0.25) is 14.7 Å². The quantitative estimate of drug-likeness (QED) is 0.622. The Morgan fingerprint density at radius 3 is 2.70 bits per heavy atom. The van der Waals surface area contributed by atoms with Crippen molar-refractivity contribution in [3.05, 3.63) is 48.2 Å². The van der Waals surface area contributed by atoms with Crippen LogP contribution in [0.1, 0.15) is 25.3 Å². The van der Waals surface area contributed by atoms with Crippen LogP contribution in [0.15, 0.2) is 42.6 Å². The minimum absolute atomic E-state index is 0.00133. The van der Waals surface area contributed by atoms with Gasteiger partial charge in [-0.2, -0.15) is 0 Å². The lowest BCUT2D eigenvalue weighted by Crippen LogP contribution is -2.56. The molecule has 0 bridgehead atoms. The van der Waals surface area contributed by atoms with E-state index in [0.29, 0.717) is 11.6 Å². The number of fused-ring (bicyclic) bond motifs is 3. The highest BCUT2D eigenvalue weighted by Gasteiger charge is 2.40. The molecule has 0 aliphatic carbocycles. The first-order valence-corrected chi connectivity index (χ1v) is 11.6. The molecule has 4 heterocycles. The number of aromatic nitrogens is 2. The summed E-state index contributed by atoms with van der Waals surface area (Å²) >= 11 is 0. The highest BCUT2D eigenvalue weighted by Crippen LogP contribution is 2.40. The standard InChI is InChI=1S/C25H30N6O2/c1-4-26-24-21-17(8-7-11-27-21)20-16(2)22(25(32)29-23(20)28-24)31-14-12-30(13-15-31)18-9-5-6-10-19(18)33-3/h5-11,16,22H,4,12-15H2,1-3H3,(H2,26,28,29,32). The number of para-hydroxylation sites is 2. The third kappa shape index (κ3) is 3.74. The van der Waals surface area contributed by atoms with E-state index in [4.69, 9.17) is 9.72 Å². The van der Waals surface area contributed by atoms with Crippen LogP contribution in [-0.2, 0) is 4.79 Å². The van der Waals surface area contributed by atoms with Crippen molar-refractivity contribution in [2.24, 2.45) is 0 Å². The van der Waals surface area contributed by atoms with Crippen molar-refractivity contribution in [1.29, 1.82) is 0 Å². The third-order valence-electron chi connectivity index (χ3n) is 6.72. The number of carbonyl (C=O) groups is 1. The Hall–Kier alpha value is -3.39. The van der Waals surface area contributed by atoms with E-state index in [1.165, 1.54) is 0 Å². The predicted molar refractivity (Wildman–Crippen MR) is 131 cm³/mol. The first-order valence-electron chi connectivity index (χ1n) is 11.6. The molecular weight excluding hydrogens is 416 g/mol. The van der Waals surface area contributed by atoms with Crippen molar-refractivity contribution < 1.29 is 9.53 Å². The van der Waals surface area contributed by atoms with Crippen molar-refractivity contribution in [3.63, 3.8) is 0 Å². The van der Waals surface area contributed by atoms with Gasteiger partial charge in [-0.05, 0) is 25.1 Å². The third-order valence-corrected chi connectivity index (χ3v) is 6.72. The molecule has 8 nitrogen and oxygen atoms in total. The van der Waals surface area contributed by atoms with Crippen LogP contribution in [0.2, 0.25) is 0 Å². The topological polar surface area (TPSA) is 82.6 Å². The monoisotopic (exact) mass is 446 g/mol. The Bertz CT molecular complexity index is 1170. The van der Waals surface area contributed by atoms with Crippen molar-refractivity contribution in [1.82, 2.24) is 14.9 Å². The molecule has 5 rings (SSSR count). The van der Waals surface area contributed by atoms with Crippen LogP contribution in [0.4, 0.5) is 17.3 Å². The van der Waals surface area contributed by atoms with Gasteiger partial charge in [0.15, 0.2) is 5.82 Å². The van der Waals surface area contributed by atoms with E-state index in [9.17, 15) is 4.79 Å². The van der Waals surface area contributed by atoms with Crippen LogP contribution in [0, 0.1) is 0 Å². The maximum Gasteiger partial charge on any atom is 0.243 e. The van der Waals surface area contributed by atoms with Gasteiger partial charge in [0, 0.05) is 55.8 Å². The Morgan fingerprint density at radius 2 is 1.94 bits per heavy atom. The fraction of sp³-hybridized carbons (Fsp3) is 0.400. The van der Waals surface area contributed by atoms with Crippen LogP contribution in [0.25, 0.3) is 10.9 Å². The maximum atomic E-state index is 13.3. The first-order chi connectivity index (χ1) is 16.1. The van der Waals surface area contributed by atoms with E-state index in [1.807, 2.05) is 31.2 Å². The molecule has 2 atom stereocenters. The molecule has 3 aromatic rings. The summed E-state index contributed by atoms with van der Waals surface area (Å²) in [7, 11) is 1.70. The molecule has 0 spiro atoms. The zero-order valence-corrected chi connectivity index (χ0v) is 19.3. The molecule has 2 aliphatic rings. The Balaban J connectivity index is 1.42. The van der Waals surface area contributed by atoms with Crippen LogP contribution in [-0.4, -0.2) is 66.7 Å². The molecule has 2 unspecified atom stereocenters. The number of ether oxygens (including phenoxy) is 1. The molecule has 2 aromatic heterocycles. The number of pyridine rings is 2. The van der Waals surface area contributed by atoms with Crippen molar-refractivity contribution in [2.75, 3.05) is 55.4 Å². The lowest BCUT2D eigenvalue weighted by atomic mass is 9.86. The van der Waals surface area contributed by atoms with Gasteiger partial charge in [-0.25, -0.2) is 4.98 Å². The van der Waals surface area contributed by atoms with Crippen molar-refractivity contribution in [3.8, 4) is 5.75 Å². The number of hydrogen-bond donors (Lipinski definition) is 2. The molecule has 0 saturated carbocycles. The number of nitrogens with one attached hydrogen (secondary N) is 2. The molecule has 33 heavy (non-hydrogen) atoms. The normalized spacial score (nSPS) is 20.9. The van der Waals surface area contributed by atoms with E-state index >= 15 is 0 Å². The molecule has 8 heteroatoms. The summed E-state index contributed by atoms with van der Waals surface area (Å²) in [6.45, 7) is 8.17. The summed E-state index contributed by atoms with van der Waals surface area (Å²) < 4.78 is 5.55. The lowest BCUT2D eigenvalue weighted by molar-refractivity contribution is -0.122. The largest absolute Gasteiger partial charge is 0.495 e. The van der Waals surface area contributed by atoms with E-state index in [1.54, 1.807) is 13.3 Å². The number of rotatable bonds is 5. The second kappa shape index (κ2) is 8.86. The number of methoxy groups -OCH3 is 1. The summed E-state index contributed by atoms with van der Waals surface area (Å²) in [5, 5.41) is 7.43. The summed E-state index contributed by atoms with van der Waals surface area (Å²) in [5.74, 6) is 2.25. The minimum atomic E-state index is -0.243. The second-order valence-electron chi connectivity index (χ2n) is 8.57. The van der Waals surface area contributed by atoms with Gasteiger partial charge in [-0.15, -0.1) is 0 Å². The molecule has 1 fully saturated rings. The van der Waals surface area contributed by atoms with Gasteiger partial charge in [0.25, 0.3) is 0 Å². The molecule has 2 N–H and O–H groups in total. The van der Waals surface area contributed by atoms with Gasteiger partial charge in [0.2, 0.25) is 5.91 Å². The zero-order chi connectivity index (χ0) is 22.9. The van der Waals surface area contributed by atoms with Crippen LogP contribution < -0.4 is 20.3 Å². The zero-order valence-electron chi connectivity index (χ0n) is 19.3. The highest BCUT2D eigenvalue weighted by molar-refractivity contribution is 6.04. The summed E-state index contributed by atoms with van der Waals surface area (Å²) in [5.41, 5.74) is 3.01. The number of benzene rings is 1. The molecule has 0 radical (unpaired) electrons. The number of anilines is 3. The number of carbonyl (C=O) groups excluding carboxylic acids is 1. The van der Waals surface area contributed by atoms with E-state index in [-0.39, 0.29) is 17.9 Å². The van der Waals surface area contributed by atoms with E-state index in [2.05, 4.69) is 44.5 Å². The number of nitrogens with zero attached hydrogens (tertiary/aromatic N) is 4. The van der Waals surface area contributed by atoms with Crippen LogP contribution in [0.5, 0.6) is 5.75 Å². The van der Waals surface area contributed by atoms with Crippen LogP contribution >= 0.6 is 0 Å². The highest BCUT2D eigenvalue weighted by atomic mass is 16.5. The average molecular weight is 447 g/mol. The molecular formula is C25H30N6O2.